The van der Waals surface area contributed by atoms with E-state index in [1.165, 1.54) is 12.4 Å². The minimum Gasteiger partial charge on any atom is -0.496 e. The highest BCUT2D eigenvalue weighted by atomic mass is 35.5. The lowest BCUT2D eigenvalue weighted by molar-refractivity contribution is -0.926. The van der Waals surface area contributed by atoms with E-state index < -0.39 is 77.5 Å². The molecule has 5 heterocycles. The Bertz CT molecular complexity index is 4370. The van der Waals surface area contributed by atoms with Crippen LogP contribution in [-0.4, -0.2) is 179 Å². The Morgan fingerprint density at radius 3 is 2.31 bits per heavy atom. The number of hydrogen-bond donors (Lipinski definition) is 7. The van der Waals surface area contributed by atoms with Crippen molar-refractivity contribution in [2.75, 3.05) is 97.4 Å². The Morgan fingerprint density at radius 1 is 0.832 bits per heavy atom. The second-order valence-electron chi connectivity index (χ2n) is 24.1. The summed E-state index contributed by atoms with van der Waals surface area (Å²) in [6, 6.07) is 27.5. The van der Waals surface area contributed by atoms with Crippen LogP contribution >= 0.6 is 22.9 Å². The highest BCUT2D eigenvalue weighted by Crippen LogP contribution is 2.50. The van der Waals surface area contributed by atoms with E-state index in [1.807, 2.05) is 36.4 Å². The van der Waals surface area contributed by atoms with Crippen LogP contribution < -0.4 is 51.7 Å². The smallest absolute Gasteiger partial charge is 0.345 e. The average molecular weight is 1420 g/mol. The van der Waals surface area contributed by atoms with Crippen LogP contribution in [0, 0.1) is 18.6 Å². The van der Waals surface area contributed by atoms with E-state index in [9.17, 15) is 43.1 Å². The van der Waals surface area contributed by atoms with E-state index in [0.29, 0.717) is 91.5 Å². The first-order valence-corrected chi connectivity index (χ1v) is 33.5. The Kier molecular flexibility index (Phi) is 24.5. The maximum Gasteiger partial charge on any atom is 0.345 e. The second-order valence-corrected chi connectivity index (χ2v) is 25.5. The van der Waals surface area contributed by atoms with Gasteiger partial charge < -0.3 is 66.0 Å². The van der Waals surface area contributed by atoms with Crippen molar-refractivity contribution in [1.82, 2.24) is 45.7 Å². The number of imide groups is 1. The largest absolute Gasteiger partial charge is 0.496 e. The third kappa shape index (κ3) is 19.0. The number of anilines is 2. The van der Waals surface area contributed by atoms with Gasteiger partial charge in [-0.2, -0.15) is 0 Å². The van der Waals surface area contributed by atoms with Gasteiger partial charge in [0.05, 0.1) is 80.9 Å². The van der Waals surface area contributed by atoms with Crippen molar-refractivity contribution in [3.63, 3.8) is 0 Å². The van der Waals surface area contributed by atoms with Gasteiger partial charge in [0.2, 0.25) is 29.7 Å². The number of benzene rings is 5. The number of para-hydroxylation sites is 2. The van der Waals surface area contributed by atoms with Gasteiger partial charge in [-0.3, -0.25) is 33.8 Å². The van der Waals surface area contributed by atoms with Crippen LogP contribution in [0.1, 0.15) is 41.6 Å². The minimum absolute atomic E-state index is 0.0206. The molecule has 8 aromatic rings. The summed E-state index contributed by atoms with van der Waals surface area (Å²) in [5.41, 5.74) is 15.8. The number of carboxylic acid groups (broad SMARTS) is 1. The fourth-order valence-corrected chi connectivity index (χ4v) is 12.9. The van der Waals surface area contributed by atoms with E-state index in [4.69, 9.17) is 51.7 Å². The number of aromatic nitrogens is 4. The molecule has 0 aliphatic carbocycles. The number of methoxy groups -OCH3 is 1. The van der Waals surface area contributed by atoms with Gasteiger partial charge in [-0.1, -0.05) is 60.1 Å². The topological polar surface area (TPSA) is 344 Å². The Labute approximate surface area is 588 Å². The van der Waals surface area contributed by atoms with Crippen LogP contribution in [0.25, 0.3) is 43.2 Å². The number of thiophene rings is 1. The number of carbonyl (C=O) groups excluding carboxylic acids is 6. The number of nitrogens with zero attached hydrogens (tertiary/aromatic N) is 7. The first-order chi connectivity index (χ1) is 48.6. The summed E-state index contributed by atoms with van der Waals surface area (Å²) in [4.78, 5) is 109. The van der Waals surface area contributed by atoms with E-state index in [0.717, 1.165) is 70.7 Å². The average Bonchev–Trinajstić information content (AvgIpc) is 1.61. The molecule has 0 saturated carbocycles. The number of fused-ring (bicyclic) bond motifs is 1. The Hall–Kier alpha value is -10.7. The third-order valence-electron chi connectivity index (χ3n) is 17.0. The number of nitrogen functional groups attached to an aromatic ring is 1. The number of carbonyl (C=O) groups is 7. The predicted molar refractivity (Wildman–Crippen MR) is 373 cm³/mol. The number of amides is 7. The molecule has 2 aliphatic heterocycles. The molecule has 30 heteroatoms. The number of likely N-dealkylation sites (N-methyl/N-ethyl adjacent to an activating group) is 1. The standard InChI is InChI=1S/C71H74ClF2N13O13S/c1-42-48(61-62-68(80-41-81-69(62)101-65(61)45-35-50(73)64(74)51(75)36-45)100-56(70(93)94)37-44-9-4-6-12-53(44)99-40-47-22-25-77-66(82-47)49-10-5-7-13-54(49)96-3)18-19-55(63(42)72)98-34-28-85-26-30-87(2,31-27-85)39-43-14-16-46(17-15-43)83-67(92)52(11-8-24-78-71(76)95)84-58(89)38-79-57(88)23-32-97-33-29-86-59(90)20-21-60(86)91/h4-7,9-10,12-22,25,35-36,41,52,56H,8,11,23-24,26-34,37-40,75H2,1-3H3,(H6-,76,78,79,83,84,88,89,92,93,94,95)/p+1. The van der Waals surface area contributed by atoms with Crippen LogP contribution in [0.4, 0.5) is 25.0 Å². The van der Waals surface area contributed by atoms with Gasteiger partial charge in [-0.15, -0.1) is 11.3 Å². The monoisotopic (exact) mass is 1420 g/mol. The molecule has 9 N–H and O–H groups in total. The maximum atomic E-state index is 15.3. The number of urea groups is 1. The van der Waals surface area contributed by atoms with Crippen molar-refractivity contribution in [3.05, 3.63) is 167 Å². The summed E-state index contributed by atoms with van der Waals surface area (Å²) < 4.78 is 60.7. The van der Waals surface area contributed by atoms with Crippen LogP contribution in [0.15, 0.2) is 128 Å². The van der Waals surface area contributed by atoms with Gasteiger partial charge in [-0.05, 0) is 96.6 Å². The summed E-state index contributed by atoms with van der Waals surface area (Å²) in [6.45, 7) is 6.31. The van der Waals surface area contributed by atoms with Crippen molar-refractivity contribution in [3.8, 4) is 56.1 Å². The van der Waals surface area contributed by atoms with Gasteiger partial charge in [0, 0.05) is 79.1 Å². The SMILES string of the molecule is COc1ccccc1-c1nccc(COc2ccccc2CC(Oc2ncnc3sc(-c4cc(N)c(F)c(F)c4)c(-c4ccc(OCCN5CC[N+](C)(Cc6ccc(NC(=O)C(CCCNC(N)=O)NC(=O)CNC(=O)CCOCCN7C(=O)C=CC7=O)cc6)CC5)c(Cl)c4C)c23)C(=O)O)n1. The van der Waals surface area contributed by atoms with Gasteiger partial charge in [0.1, 0.15) is 54.2 Å². The zero-order chi connectivity index (χ0) is 71.7. The lowest BCUT2D eigenvalue weighted by Crippen LogP contribution is -2.57. The van der Waals surface area contributed by atoms with Crippen molar-refractivity contribution in [1.29, 1.82) is 0 Å². The molecule has 5 aromatic carbocycles. The molecule has 2 unspecified atom stereocenters. The summed E-state index contributed by atoms with van der Waals surface area (Å²) in [6.07, 6.45) is 3.82. The molecule has 1 fully saturated rings. The number of piperazine rings is 1. The van der Waals surface area contributed by atoms with Crippen LogP contribution in [0.2, 0.25) is 5.02 Å². The number of aliphatic carboxylic acids is 1. The highest BCUT2D eigenvalue weighted by molar-refractivity contribution is 7.22. The molecule has 0 bridgehead atoms. The molecule has 0 spiro atoms. The molecular formula is C71H75ClF2N13O13S+. The number of ether oxygens (including phenoxy) is 5. The maximum absolute atomic E-state index is 15.3. The first kappa shape index (κ1) is 73.0. The summed E-state index contributed by atoms with van der Waals surface area (Å²) in [7, 11) is 3.75. The number of carboxylic acids is 1. The number of nitrogens with one attached hydrogen (secondary N) is 4. The number of rotatable bonds is 33. The van der Waals surface area contributed by atoms with Crippen molar-refractivity contribution >= 4 is 86.1 Å². The van der Waals surface area contributed by atoms with Crippen molar-refractivity contribution < 1.29 is 75.6 Å². The second kappa shape index (κ2) is 33.9. The molecule has 528 valence electrons. The molecule has 101 heavy (non-hydrogen) atoms. The predicted octanol–water partition coefficient (Wildman–Crippen LogP) is 7.63. The van der Waals surface area contributed by atoms with E-state index in [1.54, 1.807) is 74.8 Å². The summed E-state index contributed by atoms with van der Waals surface area (Å²) >= 11 is 8.32. The fourth-order valence-electron chi connectivity index (χ4n) is 11.5. The molecule has 26 nitrogen and oxygen atoms in total. The van der Waals surface area contributed by atoms with Gasteiger partial charge in [-0.25, -0.2) is 38.3 Å². The minimum atomic E-state index is -1.53. The zero-order valence-corrected chi connectivity index (χ0v) is 57.0. The van der Waals surface area contributed by atoms with E-state index >= 15 is 4.39 Å². The number of primary amides is 1. The van der Waals surface area contributed by atoms with Crippen LogP contribution in [0.3, 0.4) is 0 Å². The molecule has 7 amide bonds. The third-order valence-corrected chi connectivity index (χ3v) is 18.6. The van der Waals surface area contributed by atoms with E-state index in [-0.39, 0.29) is 80.6 Å². The lowest BCUT2D eigenvalue weighted by Gasteiger charge is -2.42. The summed E-state index contributed by atoms with van der Waals surface area (Å²) in [5.74, 6) is -4.50. The van der Waals surface area contributed by atoms with Crippen molar-refractivity contribution in [2.24, 2.45) is 5.73 Å². The van der Waals surface area contributed by atoms with Gasteiger partial charge in [0.25, 0.3) is 11.8 Å². The van der Waals surface area contributed by atoms with Gasteiger partial charge >= 0.3 is 12.0 Å². The number of quaternary nitrogens is 1. The van der Waals surface area contributed by atoms with E-state index in [2.05, 4.69) is 48.2 Å². The first-order valence-electron chi connectivity index (χ1n) is 32.3. The highest BCUT2D eigenvalue weighted by Gasteiger charge is 2.32. The molecule has 2 atom stereocenters. The fraction of sp³-hybridized carbons (Fsp3) is 0.310. The summed E-state index contributed by atoms with van der Waals surface area (Å²) in [5, 5.41) is 21.8. The quantitative estimate of drug-likeness (QED) is 0.00899. The Morgan fingerprint density at radius 2 is 1.57 bits per heavy atom. The molecule has 0 radical (unpaired) electrons. The molecule has 1 saturated heterocycles. The molecule has 3 aromatic heterocycles. The van der Waals surface area contributed by atoms with Crippen molar-refractivity contribution in [2.45, 2.75) is 57.9 Å². The van der Waals surface area contributed by atoms with Crippen LogP contribution in [0.5, 0.6) is 23.1 Å². The van der Waals surface area contributed by atoms with Gasteiger partial charge in [0.15, 0.2) is 17.5 Å². The number of hydrogen-bond acceptors (Lipinski definition) is 19. The lowest BCUT2D eigenvalue weighted by atomic mass is 9.95. The molecular weight excluding hydrogens is 1350 g/mol. The number of halogens is 3. The zero-order valence-electron chi connectivity index (χ0n) is 55.5. The normalized spacial score (nSPS) is 14.1. The van der Waals surface area contributed by atoms with Crippen LogP contribution in [-0.2, 0) is 53.1 Å². The Balaban J connectivity index is 0.748. The molecule has 10 rings (SSSR count). The molecule has 2 aliphatic rings. The number of nitrogens with two attached hydrogens (primary N) is 2.